The zero-order valence-electron chi connectivity index (χ0n) is 15.3. The molecular weight excluding hydrogens is 380 g/mol. The third kappa shape index (κ3) is 3.59. The second kappa shape index (κ2) is 7.77. The standard InChI is InChI=1S/C19H17ClN6O2/c1-3-15(16-22-18(28-25-16)13-5-4-6-14(20)11-13)27-19-24-23-17(26(19)2)12-7-9-21-10-8-12/h4-11,15H,3H2,1-2H3. The second-order valence-corrected chi connectivity index (χ2v) is 6.52. The maximum atomic E-state index is 6.03. The van der Waals surface area contributed by atoms with Gasteiger partial charge >= 0.3 is 6.01 Å². The van der Waals surface area contributed by atoms with Crippen molar-refractivity contribution in [3.8, 4) is 28.9 Å². The van der Waals surface area contributed by atoms with Crippen LogP contribution < -0.4 is 4.74 Å². The van der Waals surface area contributed by atoms with Gasteiger partial charge in [-0.1, -0.05) is 34.8 Å². The van der Waals surface area contributed by atoms with Crippen LogP contribution in [0, 0.1) is 0 Å². The van der Waals surface area contributed by atoms with Crippen LogP contribution in [-0.4, -0.2) is 29.9 Å². The highest BCUT2D eigenvalue weighted by Gasteiger charge is 2.22. The largest absolute Gasteiger partial charge is 0.452 e. The van der Waals surface area contributed by atoms with Crippen LogP contribution in [0.5, 0.6) is 6.01 Å². The van der Waals surface area contributed by atoms with Gasteiger partial charge in [-0.15, -0.1) is 5.10 Å². The quantitative estimate of drug-likeness (QED) is 0.484. The van der Waals surface area contributed by atoms with E-state index in [0.29, 0.717) is 35.0 Å². The predicted octanol–water partition coefficient (Wildman–Crippen LogP) is 4.11. The molecule has 0 radical (unpaired) electrons. The Labute approximate surface area is 166 Å². The maximum Gasteiger partial charge on any atom is 0.317 e. The second-order valence-electron chi connectivity index (χ2n) is 6.08. The maximum absolute atomic E-state index is 6.03. The molecule has 0 saturated heterocycles. The first kappa shape index (κ1) is 18.1. The number of hydrogen-bond donors (Lipinski definition) is 0. The smallest absolute Gasteiger partial charge is 0.317 e. The molecule has 4 rings (SSSR count). The molecule has 8 nitrogen and oxygen atoms in total. The lowest BCUT2D eigenvalue weighted by Crippen LogP contribution is -2.11. The van der Waals surface area contributed by atoms with Gasteiger partial charge in [0, 0.05) is 35.6 Å². The van der Waals surface area contributed by atoms with Crippen molar-refractivity contribution in [2.75, 3.05) is 0 Å². The molecule has 0 N–H and O–H groups in total. The molecule has 1 aromatic carbocycles. The number of rotatable bonds is 6. The highest BCUT2D eigenvalue weighted by molar-refractivity contribution is 6.30. The SMILES string of the molecule is CCC(Oc1nnc(-c2ccncc2)n1C)c1noc(-c2cccc(Cl)c2)n1. The fourth-order valence-corrected chi connectivity index (χ4v) is 2.91. The van der Waals surface area contributed by atoms with E-state index in [1.165, 1.54) is 0 Å². The molecule has 0 amide bonds. The molecule has 1 unspecified atom stereocenters. The molecule has 0 bridgehead atoms. The van der Waals surface area contributed by atoms with Crippen LogP contribution in [0.1, 0.15) is 25.3 Å². The molecule has 3 heterocycles. The Morgan fingerprint density at radius 3 is 2.71 bits per heavy atom. The zero-order valence-corrected chi connectivity index (χ0v) is 16.0. The first-order chi connectivity index (χ1) is 13.7. The molecule has 9 heteroatoms. The van der Waals surface area contributed by atoms with Crippen molar-refractivity contribution < 1.29 is 9.26 Å². The number of pyridine rings is 1. The van der Waals surface area contributed by atoms with Crippen LogP contribution in [0.15, 0.2) is 53.3 Å². The summed E-state index contributed by atoms with van der Waals surface area (Å²) in [7, 11) is 1.84. The Hall–Kier alpha value is -3.26. The summed E-state index contributed by atoms with van der Waals surface area (Å²) >= 11 is 6.03. The lowest BCUT2D eigenvalue weighted by molar-refractivity contribution is 0.164. The Morgan fingerprint density at radius 1 is 1.14 bits per heavy atom. The normalized spacial score (nSPS) is 12.1. The van der Waals surface area contributed by atoms with Gasteiger partial charge in [-0.25, -0.2) is 0 Å². The summed E-state index contributed by atoms with van der Waals surface area (Å²) in [5.41, 5.74) is 1.65. The predicted molar refractivity (Wildman–Crippen MR) is 103 cm³/mol. The van der Waals surface area contributed by atoms with E-state index in [4.69, 9.17) is 20.9 Å². The summed E-state index contributed by atoms with van der Waals surface area (Å²) in [6.07, 6.45) is 3.61. The Morgan fingerprint density at radius 2 is 1.96 bits per heavy atom. The minimum atomic E-state index is -0.426. The van der Waals surface area contributed by atoms with Gasteiger partial charge in [0.05, 0.1) is 0 Å². The Kier molecular flexibility index (Phi) is 5.03. The van der Waals surface area contributed by atoms with E-state index < -0.39 is 6.10 Å². The molecule has 0 aliphatic heterocycles. The summed E-state index contributed by atoms with van der Waals surface area (Å²) in [5.74, 6) is 1.50. The first-order valence-corrected chi connectivity index (χ1v) is 9.09. The minimum absolute atomic E-state index is 0.368. The molecule has 4 aromatic rings. The highest BCUT2D eigenvalue weighted by atomic mass is 35.5. The van der Waals surface area contributed by atoms with Crippen molar-refractivity contribution in [1.29, 1.82) is 0 Å². The van der Waals surface area contributed by atoms with E-state index in [1.54, 1.807) is 29.1 Å². The summed E-state index contributed by atoms with van der Waals surface area (Å²) in [6.45, 7) is 1.97. The highest BCUT2D eigenvalue weighted by Crippen LogP contribution is 2.27. The Bertz CT molecular complexity index is 1080. The zero-order chi connectivity index (χ0) is 19.5. The first-order valence-electron chi connectivity index (χ1n) is 8.71. The van der Waals surface area contributed by atoms with Gasteiger partial charge in [0.15, 0.2) is 11.9 Å². The molecular formula is C19H17ClN6O2. The topological polar surface area (TPSA) is 91.8 Å². The van der Waals surface area contributed by atoms with Crippen molar-refractivity contribution in [1.82, 2.24) is 29.9 Å². The molecule has 0 aliphatic rings. The van der Waals surface area contributed by atoms with E-state index in [2.05, 4.69) is 25.3 Å². The molecule has 0 fully saturated rings. The summed E-state index contributed by atoms with van der Waals surface area (Å²) in [5, 5.41) is 13.0. The van der Waals surface area contributed by atoms with Crippen LogP contribution >= 0.6 is 11.6 Å². The lowest BCUT2D eigenvalue weighted by Gasteiger charge is -2.12. The third-order valence-electron chi connectivity index (χ3n) is 4.19. The average Bonchev–Trinajstić information content (AvgIpc) is 3.34. The van der Waals surface area contributed by atoms with E-state index in [9.17, 15) is 0 Å². The average molecular weight is 397 g/mol. The van der Waals surface area contributed by atoms with Crippen LogP contribution in [0.2, 0.25) is 5.02 Å². The van der Waals surface area contributed by atoms with Crippen LogP contribution in [-0.2, 0) is 7.05 Å². The van der Waals surface area contributed by atoms with Crippen molar-refractivity contribution in [3.05, 3.63) is 59.6 Å². The van der Waals surface area contributed by atoms with Crippen LogP contribution in [0.25, 0.3) is 22.8 Å². The fourth-order valence-electron chi connectivity index (χ4n) is 2.72. The molecule has 0 aliphatic carbocycles. The number of nitrogens with zero attached hydrogens (tertiary/aromatic N) is 6. The lowest BCUT2D eigenvalue weighted by atomic mass is 10.2. The third-order valence-corrected chi connectivity index (χ3v) is 4.43. The monoisotopic (exact) mass is 396 g/mol. The molecule has 0 saturated carbocycles. The van der Waals surface area contributed by atoms with E-state index >= 15 is 0 Å². The number of hydrogen-bond acceptors (Lipinski definition) is 7. The summed E-state index contributed by atoms with van der Waals surface area (Å²) in [4.78, 5) is 8.47. The van der Waals surface area contributed by atoms with E-state index in [-0.39, 0.29) is 0 Å². The Balaban J connectivity index is 1.57. The number of ether oxygens (including phenoxy) is 1. The number of benzene rings is 1. The van der Waals surface area contributed by atoms with Crippen molar-refractivity contribution in [2.45, 2.75) is 19.4 Å². The molecule has 28 heavy (non-hydrogen) atoms. The van der Waals surface area contributed by atoms with Gasteiger partial charge in [-0.2, -0.15) is 4.98 Å². The van der Waals surface area contributed by atoms with Crippen LogP contribution in [0.4, 0.5) is 0 Å². The van der Waals surface area contributed by atoms with E-state index in [0.717, 1.165) is 11.1 Å². The molecule has 0 spiro atoms. The molecule has 1 atom stereocenters. The molecule has 142 valence electrons. The van der Waals surface area contributed by atoms with Crippen molar-refractivity contribution in [2.24, 2.45) is 7.05 Å². The van der Waals surface area contributed by atoms with E-state index in [1.807, 2.05) is 38.2 Å². The summed E-state index contributed by atoms with van der Waals surface area (Å²) in [6, 6.07) is 11.3. The minimum Gasteiger partial charge on any atom is -0.452 e. The van der Waals surface area contributed by atoms with Gasteiger partial charge in [-0.05, 0) is 36.8 Å². The summed E-state index contributed by atoms with van der Waals surface area (Å²) < 4.78 is 13.2. The van der Waals surface area contributed by atoms with Gasteiger partial charge in [0.25, 0.3) is 5.89 Å². The van der Waals surface area contributed by atoms with Gasteiger partial charge in [-0.3, -0.25) is 9.55 Å². The van der Waals surface area contributed by atoms with Gasteiger partial charge < -0.3 is 9.26 Å². The fraction of sp³-hybridized carbons (Fsp3) is 0.211. The molecule has 3 aromatic heterocycles. The van der Waals surface area contributed by atoms with Gasteiger partial charge in [0.2, 0.25) is 5.82 Å². The van der Waals surface area contributed by atoms with Crippen LogP contribution in [0.3, 0.4) is 0 Å². The van der Waals surface area contributed by atoms with Gasteiger partial charge in [0.1, 0.15) is 0 Å². The van der Waals surface area contributed by atoms with Crippen molar-refractivity contribution in [3.63, 3.8) is 0 Å². The number of halogens is 1. The number of aromatic nitrogens is 6. The van der Waals surface area contributed by atoms with Crippen molar-refractivity contribution >= 4 is 11.6 Å².